The van der Waals surface area contributed by atoms with Crippen molar-refractivity contribution in [1.29, 1.82) is 0 Å². The first-order valence-corrected chi connectivity index (χ1v) is 10.9. The van der Waals surface area contributed by atoms with Gasteiger partial charge in [-0.15, -0.1) is 11.3 Å². The molecule has 2 N–H and O–H groups in total. The number of hydrogen-bond donors (Lipinski definition) is 2. The summed E-state index contributed by atoms with van der Waals surface area (Å²) in [6, 6.07) is 4.44. The van der Waals surface area contributed by atoms with Gasteiger partial charge in [0.05, 0.1) is 6.04 Å². The Bertz CT molecular complexity index is 631. The van der Waals surface area contributed by atoms with E-state index in [9.17, 15) is 9.59 Å². The molecule has 1 saturated carbocycles. The van der Waals surface area contributed by atoms with Crippen LogP contribution >= 0.6 is 11.3 Å². The summed E-state index contributed by atoms with van der Waals surface area (Å²) in [5.41, 5.74) is -0.0512. The Morgan fingerprint density at radius 3 is 2.62 bits per heavy atom. The molecule has 2 aliphatic heterocycles. The summed E-state index contributed by atoms with van der Waals surface area (Å²) in [5, 5.41) is 8.61. The second-order valence-electron chi connectivity index (χ2n) is 8.16. The van der Waals surface area contributed by atoms with Gasteiger partial charge in [0.2, 0.25) is 5.91 Å². The first kappa shape index (κ1) is 17.8. The molecule has 1 atom stereocenters. The van der Waals surface area contributed by atoms with E-state index in [2.05, 4.69) is 28.1 Å². The van der Waals surface area contributed by atoms with E-state index in [-0.39, 0.29) is 23.5 Å². The Kier molecular flexibility index (Phi) is 5.20. The lowest BCUT2D eigenvalue weighted by molar-refractivity contribution is -0.120. The monoisotopic (exact) mass is 375 g/mol. The van der Waals surface area contributed by atoms with E-state index in [4.69, 9.17) is 0 Å². The van der Waals surface area contributed by atoms with Crippen LogP contribution in [-0.2, 0) is 4.79 Å². The van der Waals surface area contributed by atoms with Gasteiger partial charge in [-0.3, -0.25) is 4.79 Å². The molecular weight excluding hydrogens is 346 g/mol. The fraction of sp³-hybridized carbons (Fsp3) is 0.700. The minimum absolute atomic E-state index is 0.0512. The summed E-state index contributed by atoms with van der Waals surface area (Å²) in [6.07, 6.45) is 9.58. The van der Waals surface area contributed by atoms with E-state index in [1.807, 2.05) is 4.90 Å². The fourth-order valence-corrected chi connectivity index (χ4v) is 5.74. The molecule has 4 rings (SSSR count). The third-order valence-electron chi connectivity index (χ3n) is 6.49. The van der Waals surface area contributed by atoms with Crippen LogP contribution in [0.2, 0.25) is 0 Å². The maximum Gasteiger partial charge on any atom is 0.317 e. The lowest BCUT2D eigenvalue weighted by Crippen LogP contribution is -2.54. The number of likely N-dealkylation sites (tertiary alicyclic amines) is 1. The fourth-order valence-electron chi connectivity index (χ4n) is 4.87. The van der Waals surface area contributed by atoms with Crippen molar-refractivity contribution in [2.75, 3.05) is 13.1 Å². The number of thiophene rings is 1. The molecule has 1 unspecified atom stereocenters. The van der Waals surface area contributed by atoms with Crippen LogP contribution in [0.1, 0.15) is 68.7 Å². The highest BCUT2D eigenvalue weighted by Crippen LogP contribution is 2.37. The molecule has 3 amide bonds. The average Bonchev–Trinajstić information content (AvgIpc) is 3.31. The topological polar surface area (TPSA) is 61.4 Å². The largest absolute Gasteiger partial charge is 0.351 e. The number of hydrogen-bond acceptors (Lipinski definition) is 3. The molecule has 1 spiro atoms. The van der Waals surface area contributed by atoms with E-state index in [0.29, 0.717) is 12.3 Å². The summed E-state index contributed by atoms with van der Waals surface area (Å²) in [6.45, 7) is 1.46. The second kappa shape index (κ2) is 7.59. The molecular formula is C20H29N3O2S. The molecule has 2 saturated heterocycles. The number of piperidine rings is 1. The van der Waals surface area contributed by atoms with E-state index < -0.39 is 0 Å². The van der Waals surface area contributed by atoms with Crippen molar-refractivity contribution in [3.63, 3.8) is 0 Å². The molecule has 3 fully saturated rings. The van der Waals surface area contributed by atoms with Crippen molar-refractivity contribution in [3.8, 4) is 0 Å². The lowest BCUT2D eigenvalue weighted by Gasteiger charge is -2.40. The number of carbonyl (C=O) groups excluding carboxylic acids is 2. The summed E-state index contributed by atoms with van der Waals surface area (Å²) in [4.78, 5) is 27.8. The molecule has 0 aromatic carbocycles. The molecule has 26 heavy (non-hydrogen) atoms. The molecule has 1 aliphatic carbocycles. The van der Waals surface area contributed by atoms with Gasteiger partial charge in [0.1, 0.15) is 0 Å². The predicted octanol–water partition coefficient (Wildman–Crippen LogP) is 3.82. The third-order valence-corrected chi connectivity index (χ3v) is 7.45. The lowest BCUT2D eigenvalue weighted by atomic mass is 9.83. The highest BCUT2D eigenvalue weighted by molar-refractivity contribution is 7.10. The number of urea groups is 1. The quantitative estimate of drug-likeness (QED) is 0.843. The second-order valence-corrected chi connectivity index (χ2v) is 9.14. The number of carbonyl (C=O) groups is 2. The third kappa shape index (κ3) is 3.75. The van der Waals surface area contributed by atoms with Crippen molar-refractivity contribution in [3.05, 3.63) is 22.4 Å². The number of amides is 3. The highest BCUT2D eigenvalue weighted by Gasteiger charge is 2.41. The van der Waals surface area contributed by atoms with E-state index in [1.54, 1.807) is 11.3 Å². The molecule has 3 aliphatic rings. The number of rotatable bonds is 3. The van der Waals surface area contributed by atoms with Crippen LogP contribution in [-0.4, -0.2) is 35.5 Å². The van der Waals surface area contributed by atoms with Crippen LogP contribution in [0.5, 0.6) is 0 Å². The molecule has 6 heteroatoms. The molecule has 0 radical (unpaired) electrons. The van der Waals surface area contributed by atoms with E-state index >= 15 is 0 Å². The van der Waals surface area contributed by atoms with Crippen LogP contribution in [0, 0.1) is 5.92 Å². The Balaban J connectivity index is 1.38. The molecule has 1 aromatic rings. The number of nitrogens with one attached hydrogen (secondary N) is 2. The van der Waals surface area contributed by atoms with Crippen molar-refractivity contribution < 1.29 is 9.59 Å². The first-order valence-electron chi connectivity index (χ1n) is 10.1. The van der Waals surface area contributed by atoms with Gasteiger partial charge in [-0.1, -0.05) is 25.3 Å². The van der Waals surface area contributed by atoms with E-state index in [0.717, 1.165) is 32.4 Å². The predicted molar refractivity (Wildman–Crippen MR) is 103 cm³/mol. The molecule has 0 bridgehead atoms. The average molecular weight is 376 g/mol. The summed E-state index contributed by atoms with van der Waals surface area (Å²) in [7, 11) is 0. The highest BCUT2D eigenvalue weighted by atomic mass is 32.1. The van der Waals surface area contributed by atoms with Crippen molar-refractivity contribution in [2.45, 2.75) is 69.4 Å². The maximum absolute atomic E-state index is 12.9. The summed E-state index contributed by atoms with van der Waals surface area (Å²) < 4.78 is 0. The van der Waals surface area contributed by atoms with Gasteiger partial charge in [0.15, 0.2) is 0 Å². The van der Waals surface area contributed by atoms with Crippen LogP contribution in [0.3, 0.4) is 0 Å². The molecule has 3 heterocycles. The van der Waals surface area contributed by atoms with Crippen LogP contribution in [0.15, 0.2) is 17.5 Å². The maximum atomic E-state index is 12.9. The summed E-state index contributed by atoms with van der Waals surface area (Å²) >= 11 is 1.75. The standard InChI is InChI=1S/C20H29N3O2S/c24-17-8-9-20(22-17)10-12-23(13-11-20)19(25)21-18(16-7-4-14-26-16)15-5-2-1-3-6-15/h4,7,14-15,18H,1-3,5-6,8-13H2,(H,21,25)(H,22,24). The van der Waals surface area contributed by atoms with Gasteiger partial charge in [0, 0.05) is 29.9 Å². The molecule has 142 valence electrons. The first-order chi connectivity index (χ1) is 12.7. The zero-order chi connectivity index (χ0) is 18.0. The van der Waals surface area contributed by atoms with Crippen molar-refractivity contribution in [1.82, 2.24) is 15.5 Å². The minimum atomic E-state index is -0.0512. The number of nitrogens with zero attached hydrogens (tertiary/aromatic N) is 1. The van der Waals surface area contributed by atoms with Crippen molar-refractivity contribution in [2.24, 2.45) is 5.92 Å². The van der Waals surface area contributed by atoms with Crippen LogP contribution in [0.25, 0.3) is 0 Å². The van der Waals surface area contributed by atoms with Gasteiger partial charge in [-0.2, -0.15) is 0 Å². The Labute approximate surface area is 159 Å². The van der Waals surface area contributed by atoms with Crippen LogP contribution in [0.4, 0.5) is 4.79 Å². The van der Waals surface area contributed by atoms with Gasteiger partial charge in [-0.25, -0.2) is 4.79 Å². The smallest absolute Gasteiger partial charge is 0.317 e. The molecule has 1 aromatic heterocycles. The Morgan fingerprint density at radius 2 is 2.00 bits per heavy atom. The van der Waals surface area contributed by atoms with E-state index in [1.165, 1.54) is 37.0 Å². The Hall–Kier alpha value is -1.56. The SMILES string of the molecule is O=C1CCC2(CCN(C(=O)NC(c3cccs3)C3CCCCC3)CC2)N1. The summed E-state index contributed by atoms with van der Waals surface area (Å²) in [5.74, 6) is 0.717. The normalized spacial score (nSPS) is 24.5. The van der Waals surface area contributed by atoms with Gasteiger partial charge < -0.3 is 15.5 Å². The van der Waals surface area contributed by atoms with Gasteiger partial charge >= 0.3 is 6.03 Å². The zero-order valence-corrected chi connectivity index (χ0v) is 16.2. The Morgan fingerprint density at radius 1 is 1.23 bits per heavy atom. The minimum Gasteiger partial charge on any atom is -0.351 e. The zero-order valence-electron chi connectivity index (χ0n) is 15.3. The van der Waals surface area contributed by atoms with Gasteiger partial charge in [-0.05, 0) is 49.5 Å². The van der Waals surface area contributed by atoms with Crippen LogP contribution < -0.4 is 10.6 Å². The van der Waals surface area contributed by atoms with Gasteiger partial charge in [0.25, 0.3) is 0 Å². The van der Waals surface area contributed by atoms with Crippen molar-refractivity contribution >= 4 is 23.3 Å². The molecule has 5 nitrogen and oxygen atoms in total.